The topological polar surface area (TPSA) is 32.3 Å². The van der Waals surface area contributed by atoms with Gasteiger partial charge in [0.15, 0.2) is 0 Å². The molecule has 0 unspecified atom stereocenters. The molecule has 0 N–H and O–H groups in total. The average molecular weight is 395 g/mol. The maximum absolute atomic E-state index is 4.57. The van der Waals surface area contributed by atoms with Crippen molar-refractivity contribution < 1.29 is 0 Å². The summed E-state index contributed by atoms with van der Waals surface area (Å²) in [6.45, 7) is 1.63. The maximum Gasteiger partial charge on any atom is 0.0889 e. The highest BCUT2D eigenvalue weighted by Gasteiger charge is 2.08. The van der Waals surface area contributed by atoms with Crippen LogP contribution in [0.5, 0.6) is 0 Å². The van der Waals surface area contributed by atoms with Gasteiger partial charge in [0.1, 0.15) is 0 Å². The Bertz CT molecular complexity index is 991. The van der Waals surface area contributed by atoms with Crippen LogP contribution in [-0.2, 0) is 13.1 Å². The second-order valence-electron chi connectivity index (χ2n) is 7.48. The third kappa shape index (κ3) is 4.84. The number of hydrogen-bond acceptors (Lipinski definition) is 4. The lowest BCUT2D eigenvalue weighted by molar-refractivity contribution is 0.916. The van der Waals surface area contributed by atoms with Gasteiger partial charge < -0.3 is 9.80 Å². The third-order valence-corrected chi connectivity index (χ3v) is 5.14. The van der Waals surface area contributed by atoms with E-state index in [1.807, 2.05) is 24.5 Å². The van der Waals surface area contributed by atoms with E-state index in [0.29, 0.717) is 0 Å². The molecule has 4 aromatic rings. The molecule has 2 aromatic heterocycles. The van der Waals surface area contributed by atoms with Gasteiger partial charge >= 0.3 is 0 Å². The molecule has 4 heteroatoms. The molecule has 150 valence electrons. The molecule has 0 spiro atoms. The molecule has 4 nitrogen and oxygen atoms in total. The Kier molecular flexibility index (Phi) is 6.04. The number of para-hydroxylation sites is 2. The molecular formula is C26H26N4. The minimum absolute atomic E-state index is 0.815. The Balaban J connectivity index is 1.50. The van der Waals surface area contributed by atoms with Crippen LogP contribution in [0.3, 0.4) is 0 Å². The van der Waals surface area contributed by atoms with Gasteiger partial charge in [-0.05, 0) is 59.7 Å². The lowest BCUT2D eigenvalue weighted by Crippen LogP contribution is -2.16. The maximum atomic E-state index is 4.57. The van der Waals surface area contributed by atoms with Gasteiger partial charge in [-0.15, -0.1) is 0 Å². The van der Waals surface area contributed by atoms with E-state index in [2.05, 4.69) is 107 Å². The highest BCUT2D eigenvalue weighted by atomic mass is 15.1. The van der Waals surface area contributed by atoms with Crippen molar-refractivity contribution in [3.8, 4) is 11.4 Å². The van der Waals surface area contributed by atoms with E-state index in [4.69, 9.17) is 0 Å². The van der Waals surface area contributed by atoms with E-state index in [-0.39, 0.29) is 0 Å². The minimum Gasteiger partial charge on any atom is -0.370 e. The molecule has 0 saturated heterocycles. The van der Waals surface area contributed by atoms with Gasteiger partial charge in [-0.25, -0.2) is 0 Å². The number of aromatic nitrogens is 2. The molecular weight excluding hydrogens is 368 g/mol. The molecule has 0 atom stereocenters. The number of benzene rings is 2. The Labute approximate surface area is 178 Å². The van der Waals surface area contributed by atoms with E-state index >= 15 is 0 Å². The third-order valence-electron chi connectivity index (χ3n) is 5.14. The van der Waals surface area contributed by atoms with Crippen molar-refractivity contribution in [3.63, 3.8) is 0 Å². The van der Waals surface area contributed by atoms with Gasteiger partial charge in [0, 0.05) is 51.0 Å². The van der Waals surface area contributed by atoms with Crippen molar-refractivity contribution in [2.45, 2.75) is 13.1 Å². The number of rotatable bonds is 7. The molecule has 30 heavy (non-hydrogen) atoms. The smallest absolute Gasteiger partial charge is 0.0889 e. The molecule has 0 aliphatic rings. The van der Waals surface area contributed by atoms with Crippen molar-refractivity contribution in [3.05, 3.63) is 108 Å². The summed E-state index contributed by atoms with van der Waals surface area (Å²) >= 11 is 0. The number of hydrogen-bond donors (Lipinski definition) is 0. The van der Waals surface area contributed by atoms with Gasteiger partial charge in [-0.3, -0.25) is 9.97 Å². The van der Waals surface area contributed by atoms with Gasteiger partial charge in [0.25, 0.3) is 0 Å². The van der Waals surface area contributed by atoms with Gasteiger partial charge in [0.05, 0.1) is 11.4 Å². The normalized spacial score (nSPS) is 10.6. The van der Waals surface area contributed by atoms with E-state index in [1.165, 1.54) is 22.5 Å². The van der Waals surface area contributed by atoms with Crippen LogP contribution in [0.4, 0.5) is 11.4 Å². The summed E-state index contributed by atoms with van der Waals surface area (Å²) in [7, 11) is 4.21. The molecule has 2 heterocycles. The molecule has 0 saturated carbocycles. The summed E-state index contributed by atoms with van der Waals surface area (Å²) < 4.78 is 0. The Hall–Kier alpha value is -3.66. The first-order valence-corrected chi connectivity index (χ1v) is 10.1. The number of anilines is 2. The predicted molar refractivity (Wildman–Crippen MR) is 125 cm³/mol. The zero-order valence-corrected chi connectivity index (χ0v) is 17.4. The van der Waals surface area contributed by atoms with E-state index in [9.17, 15) is 0 Å². The summed E-state index contributed by atoms with van der Waals surface area (Å²) in [6.07, 6.45) is 3.74. The Morgan fingerprint density at radius 1 is 0.567 bits per heavy atom. The summed E-state index contributed by atoms with van der Waals surface area (Å²) in [5.74, 6) is 0. The molecule has 0 bridgehead atoms. The second-order valence-corrected chi connectivity index (χ2v) is 7.48. The molecule has 0 radical (unpaired) electrons. The minimum atomic E-state index is 0.815. The van der Waals surface area contributed by atoms with Crippen LogP contribution < -0.4 is 9.80 Å². The van der Waals surface area contributed by atoms with Crippen molar-refractivity contribution in [2.24, 2.45) is 0 Å². The standard InChI is InChI=1S/C26H26N4/c1-29(23-9-5-3-6-10-23)19-21-13-15-27-25(17-21)26-18-22(14-16-28-26)20-30(2)24-11-7-4-8-12-24/h3-18H,19-20H2,1-2H3. The molecule has 0 aliphatic carbocycles. The molecule has 0 aliphatic heterocycles. The Morgan fingerprint density at radius 3 is 1.37 bits per heavy atom. The lowest BCUT2D eigenvalue weighted by atomic mass is 10.1. The average Bonchev–Trinajstić information content (AvgIpc) is 2.80. The first-order chi connectivity index (χ1) is 14.7. The first kappa shape index (κ1) is 19.6. The predicted octanol–water partition coefficient (Wildman–Crippen LogP) is 5.42. The van der Waals surface area contributed by atoms with Crippen molar-refractivity contribution in [1.29, 1.82) is 0 Å². The Morgan fingerprint density at radius 2 is 0.967 bits per heavy atom. The first-order valence-electron chi connectivity index (χ1n) is 10.1. The molecule has 0 amide bonds. The quantitative estimate of drug-likeness (QED) is 0.419. The van der Waals surface area contributed by atoms with E-state index < -0.39 is 0 Å². The van der Waals surface area contributed by atoms with Crippen molar-refractivity contribution in [2.75, 3.05) is 23.9 Å². The summed E-state index contributed by atoms with van der Waals surface area (Å²) in [5, 5.41) is 0. The number of pyridine rings is 2. The largest absolute Gasteiger partial charge is 0.370 e. The zero-order valence-electron chi connectivity index (χ0n) is 17.4. The summed E-state index contributed by atoms with van der Waals surface area (Å²) in [6, 6.07) is 29.2. The second kappa shape index (κ2) is 9.23. The highest BCUT2D eigenvalue weighted by molar-refractivity contribution is 5.57. The number of nitrogens with zero attached hydrogens (tertiary/aromatic N) is 4. The summed E-state index contributed by atoms with van der Waals surface area (Å²) in [4.78, 5) is 13.6. The SMILES string of the molecule is CN(Cc1ccnc(-c2cc(CN(C)c3ccccc3)ccn2)c1)c1ccccc1. The fourth-order valence-electron chi connectivity index (χ4n) is 3.52. The lowest BCUT2D eigenvalue weighted by Gasteiger charge is -2.20. The van der Waals surface area contributed by atoms with Gasteiger partial charge in [-0.2, -0.15) is 0 Å². The van der Waals surface area contributed by atoms with Crippen LogP contribution in [0.15, 0.2) is 97.3 Å². The molecule has 0 fully saturated rings. The van der Waals surface area contributed by atoms with Gasteiger partial charge in [-0.1, -0.05) is 36.4 Å². The van der Waals surface area contributed by atoms with E-state index in [1.54, 1.807) is 0 Å². The van der Waals surface area contributed by atoms with Crippen molar-refractivity contribution >= 4 is 11.4 Å². The molecule has 2 aromatic carbocycles. The van der Waals surface area contributed by atoms with E-state index in [0.717, 1.165) is 24.5 Å². The van der Waals surface area contributed by atoms with Crippen LogP contribution in [0.1, 0.15) is 11.1 Å². The van der Waals surface area contributed by atoms with Crippen LogP contribution >= 0.6 is 0 Å². The monoisotopic (exact) mass is 394 g/mol. The zero-order chi connectivity index (χ0) is 20.8. The fraction of sp³-hybridized carbons (Fsp3) is 0.154. The van der Waals surface area contributed by atoms with Crippen LogP contribution in [0, 0.1) is 0 Å². The van der Waals surface area contributed by atoms with Crippen LogP contribution in [0.25, 0.3) is 11.4 Å². The fourth-order valence-corrected chi connectivity index (χ4v) is 3.52. The summed E-state index contributed by atoms with van der Waals surface area (Å²) in [5.41, 5.74) is 6.61. The van der Waals surface area contributed by atoms with Crippen LogP contribution in [0.2, 0.25) is 0 Å². The molecule has 4 rings (SSSR count). The highest BCUT2D eigenvalue weighted by Crippen LogP contribution is 2.21. The van der Waals surface area contributed by atoms with Crippen molar-refractivity contribution in [1.82, 2.24) is 9.97 Å². The van der Waals surface area contributed by atoms with Gasteiger partial charge in [0.2, 0.25) is 0 Å². The van der Waals surface area contributed by atoms with Crippen LogP contribution in [-0.4, -0.2) is 24.1 Å².